The standard InChI is InChI=1S/C22H23N3O4/c1-13(2)25-22(27)17-7-5-4-6-16(17)20(24-25)21(26)23-14(3)15-8-9-18-19(12-15)29-11-10-28-18/h4-9,12-14H,10-11H2,1-3H3,(H,23,26). The van der Waals surface area contributed by atoms with Crippen LogP contribution < -0.4 is 20.3 Å². The lowest BCUT2D eigenvalue weighted by Gasteiger charge is -2.21. The SMILES string of the molecule is CC(NC(=O)c1nn(C(C)C)c(=O)c2ccccc12)c1ccc2c(c1)OCCO2. The minimum absolute atomic E-state index is 0.158. The smallest absolute Gasteiger partial charge is 0.274 e. The molecule has 0 radical (unpaired) electrons. The first-order valence-electron chi connectivity index (χ1n) is 9.67. The third kappa shape index (κ3) is 3.55. The first-order valence-corrected chi connectivity index (χ1v) is 9.67. The second-order valence-electron chi connectivity index (χ2n) is 7.34. The van der Waals surface area contributed by atoms with E-state index in [-0.39, 0.29) is 29.2 Å². The molecule has 0 saturated heterocycles. The van der Waals surface area contributed by atoms with Crippen LogP contribution in [0.15, 0.2) is 47.3 Å². The molecule has 3 aromatic rings. The van der Waals surface area contributed by atoms with Crippen molar-refractivity contribution in [1.29, 1.82) is 0 Å². The van der Waals surface area contributed by atoms with E-state index in [2.05, 4.69) is 10.4 Å². The Hall–Kier alpha value is -3.35. The van der Waals surface area contributed by atoms with Gasteiger partial charge in [0, 0.05) is 5.39 Å². The van der Waals surface area contributed by atoms with Crippen molar-refractivity contribution in [2.24, 2.45) is 0 Å². The van der Waals surface area contributed by atoms with Crippen LogP contribution in [-0.4, -0.2) is 28.9 Å². The van der Waals surface area contributed by atoms with Crippen LogP contribution >= 0.6 is 0 Å². The van der Waals surface area contributed by atoms with Crippen molar-refractivity contribution in [2.75, 3.05) is 13.2 Å². The zero-order valence-electron chi connectivity index (χ0n) is 16.6. The summed E-state index contributed by atoms with van der Waals surface area (Å²) in [7, 11) is 0. The number of benzene rings is 2. The Morgan fingerprint density at radius 3 is 2.45 bits per heavy atom. The molecule has 1 aliphatic heterocycles. The molecule has 2 heterocycles. The Kier molecular flexibility index (Phi) is 4.96. The maximum atomic E-state index is 13.1. The Bertz CT molecular complexity index is 1140. The van der Waals surface area contributed by atoms with Crippen LogP contribution in [0.1, 0.15) is 48.9 Å². The zero-order chi connectivity index (χ0) is 20.5. The van der Waals surface area contributed by atoms with Crippen LogP contribution in [0.25, 0.3) is 10.8 Å². The number of ether oxygens (including phenoxy) is 2. The number of amides is 1. The average Bonchev–Trinajstić information content (AvgIpc) is 2.73. The summed E-state index contributed by atoms with van der Waals surface area (Å²) in [4.78, 5) is 25.7. The van der Waals surface area contributed by atoms with Gasteiger partial charge >= 0.3 is 0 Å². The second kappa shape index (κ2) is 7.58. The predicted octanol–water partition coefficient (Wildman–Crippen LogP) is 3.24. The Morgan fingerprint density at radius 1 is 1.03 bits per heavy atom. The predicted molar refractivity (Wildman–Crippen MR) is 110 cm³/mol. The summed E-state index contributed by atoms with van der Waals surface area (Å²) in [6, 6.07) is 12.2. The Balaban J connectivity index is 1.67. The van der Waals surface area contributed by atoms with E-state index in [4.69, 9.17) is 9.47 Å². The quantitative estimate of drug-likeness (QED) is 0.736. The van der Waals surface area contributed by atoms with Crippen LogP contribution in [0, 0.1) is 0 Å². The first kappa shape index (κ1) is 19.0. The molecule has 7 nitrogen and oxygen atoms in total. The number of nitrogens with zero attached hydrogens (tertiary/aromatic N) is 2. The average molecular weight is 393 g/mol. The molecule has 1 aromatic heterocycles. The van der Waals surface area contributed by atoms with Crippen LogP contribution in [-0.2, 0) is 0 Å². The number of rotatable bonds is 4. The fourth-order valence-electron chi connectivity index (χ4n) is 3.40. The van der Waals surface area contributed by atoms with Crippen molar-refractivity contribution >= 4 is 16.7 Å². The third-order valence-corrected chi connectivity index (χ3v) is 4.95. The summed E-state index contributed by atoms with van der Waals surface area (Å²) in [5, 5.41) is 8.37. The number of aromatic nitrogens is 2. The number of carbonyl (C=O) groups excluding carboxylic acids is 1. The lowest BCUT2D eigenvalue weighted by molar-refractivity contribution is 0.0934. The molecule has 0 bridgehead atoms. The highest BCUT2D eigenvalue weighted by Crippen LogP contribution is 2.32. The molecule has 1 unspecified atom stereocenters. The minimum Gasteiger partial charge on any atom is -0.486 e. The van der Waals surface area contributed by atoms with E-state index >= 15 is 0 Å². The molecule has 4 rings (SSSR count). The van der Waals surface area contributed by atoms with Gasteiger partial charge in [-0.25, -0.2) is 4.68 Å². The molecule has 0 aliphatic carbocycles. The number of hydrogen-bond donors (Lipinski definition) is 1. The zero-order valence-corrected chi connectivity index (χ0v) is 16.6. The molecule has 7 heteroatoms. The second-order valence-corrected chi connectivity index (χ2v) is 7.34. The maximum Gasteiger partial charge on any atom is 0.274 e. The van der Waals surface area contributed by atoms with E-state index < -0.39 is 0 Å². The van der Waals surface area contributed by atoms with Crippen molar-refractivity contribution in [1.82, 2.24) is 15.1 Å². The molecule has 1 amide bonds. The Morgan fingerprint density at radius 2 is 1.72 bits per heavy atom. The Labute approximate surface area is 168 Å². The van der Waals surface area contributed by atoms with Gasteiger partial charge in [-0.15, -0.1) is 0 Å². The first-order chi connectivity index (χ1) is 14.0. The van der Waals surface area contributed by atoms with Crippen molar-refractivity contribution in [3.05, 3.63) is 64.1 Å². The molecule has 29 heavy (non-hydrogen) atoms. The van der Waals surface area contributed by atoms with Gasteiger partial charge < -0.3 is 14.8 Å². The van der Waals surface area contributed by atoms with Gasteiger partial charge in [0.25, 0.3) is 11.5 Å². The largest absolute Gasteiger partial charge is 0.486 e. The van der Waals surface area contributed by atoms with Crippen molar-refractivity contribution in [3.8, 4) is 11.5 Å². The van der Waals surface area contributed by atoms with Crippen molar-refractivity contribution in [3.63, 3.8) is 0 Å². The van der Waals surface area contributed by atoms with E-state index in [9.17, 15) is 9.59 Å². The van der Waals surface area contributed by atoms with E-state index in [0.29, 0.717) is 35.5 Å². The third-order valence-electron chi connectivity index (χ3n) is 4.95. The molecule has 2 aromatic carbocycles. The lowest BCUT2D eigenvalue weighted by atomic mass is 10.1. The van der Waals surface area contributed by atoms with Crippen molar-refractivity contribution in [2.45, 2.75) is 32.9 Å². The molecule has 150 valence electrons. The van der Waals surface area contributed by atoms with Gasteiger partial charge in [0.05, 0.1) is 17.5 Å². The number of hydrogen-bond acceptors (Lipinski definition) is 5. The summed E-state index contributed by atoms with van der Waals surface area (Å²) in [6.07, 6.45) is 0. The summed E-state index contributed by atoms with van der Waals surface area (Å²) in [5.74, 6) is 1.04. The highest BCUT2D eigenvalue weighted by Gasteiger charge is 2.21. The molecule has 1 N–H and O–H groups in total. The van der Waals surface area contributed by atoms with Crippen LogP contribution in [0.5, 0.6) is 11.5 Å². The number of fused-ring (bicyclic) bond motifs is 2. The van der Waals surface area contributed by atoms with Crippen LogP contribution in [0.2, 0.25) is 0 Å². The maximum absolute atomic E-state index is 13.1. The van der Waals surface area contributed by atoms with E-state index in [1.165, 1.54) is 4.68 Å². The van der Waals surface area contributed by atoms with Crippen LogP contribution in [0.4, 0.5) is 0 Å². The van der Waals surface area contributed by atoms with Crippen LogP contribution in [0.3, 0.4) is 0 Å². The monoisotopic (exact) mass is 393 g/mol. The molecule has 0 fully saturated rings. The van der Waals surface area contributed by atoms with Crippen molar-refractivity contribution < 1.29 is 14.3 Å². The summed E-state index contributed by atoms with van der Waals surface area (Å²) in [6.45, 7) is 6.65. The van der Waals surface area contributed by atoms with E-state index in [1.54, 1.807) is 24.3 Å². The normalized spacial score (nSPS) is 14.1. The van der Waals surface area contributed by atoms with Gasteiger partial charge in [0.1, 0.15) is 13.2 Å². The lowest BCUT2D eigenvalue weighted by Crippen LogP contribution is -2.32. The highest BCUT2D eigenvalue weighted by molar-refractivity contribution is 6.04. The van der Waals surface area contributed by atoms with E-state index in [0.717, 1.165) is 5.56 Å². The summed E-state index contributed by atoms with van der Waals surface area (Å²) in [5.41, 5.74) is 0.925. The molecular weight excluding hydrogens is 370 g/mol. The number of nitrogens with one attached hydrogen (secondary N) is 1. The van der Waals surface area contributed by atoms with Gasteiger partial charge in [-0.2, -0.15) is 5.10 Å². The molecule has 1 atom stereocenters. The molecule has 0 spiro atoms. The summed E-state index contributed by atoms with van der Waals surface area (Å²) >= 11 is 0. The van der Waals surface area contributed by atoms with E-state index in [1.807, 2.05) is 39.0 Å². The topological polar surface area (TPSA) is 82.5 Å². The minimum atomic E-state index is -0.335. The van der Waals surface area contributed by atoms with Gasteiger partial charge in [-0.05, 0) is 44.5 Å². The fraction of sp³-hybridized carbons (Fsp3) is 0.318. The highest BCUT2D eigenvalue weighted by atomic mass is 16.6. The number of carbonyl (C=O) groups is 1. The molecular formula is C22H23N3O4. The van der Waals surface area contributed by atoms with Gasteiger partial charge in [0.2, 0.25) is 0 Å². The summed E-state index contributed by atoms with van der Waals surface area (Å²) < 4.78 is 12.5. The molecule has 1 aliphatic rings. The van der Waals surface area contributed by atoms with Gasteiger partial charge in [0.15, 0.2) is 17.2 Å². The van der Waals surface area contributed by atoms with Gasteiger partial charge in [-0.1, -0.05) is 24.3 Å². The fourth-order valence-corrected chi connectivity index (χ4v) is 3.40. The van der Waals surface area contributed by atoms with Gasteiger partial charge in [-0.3, -0.25) is 9.59 Å². The molecule has 0 saturated carbocycles.